The van der Waals surface area contributed by atoms with Crippen molar-refractivity contribution in [3.63, 3.8) is 0 Å². The molecular weight excluding hydrogens is 214 g/mol. The van der Waals surface area contributed by atoms with Crippen LogP contribution < -0.4 is 5.73 Å². The molecule has 1 unspecified atom stereocenters. The molecule has 17 heavy (non-hydrogen) atoms. The predicted molar refractivity (Wildman–Crippen MR) is 67.0 cm³/mol. The van der Waals surface area contributed by atoms with Crippen LogP contribution in [0.15, 0.2) is 21.0 Å². The lowest BCUT2D eigenvalue weighted by Gasteiger charge is -2.09. The summed E-state index contributed by atoms with van der Waals surface area (Å²) >= 11 is 0. The van der Waals surface area contributed by atoms with Gasteiger partial charge < -0.3 is 14.6 Å². The number of hydrogen-bond donors (Lipinski definition) is 1. The van der Waals surface area contributed by atoms with Gasteiger partial charge in [0.2, 0.25) is 0 Å². The maximum Gasteiger partial charge on any atom is 0.125 e. The van der Waals surface area contributed by atoms with E-state index in [0.717, 1.165) is 40.6 Å². The van der Waals surface area contributed by atoms with Gasteiger partial charge in [-0.3, -0.25) is 0 Å². The number of rotatable bonds is 3. The second-order valence-electron chi connectivity index (χ2n) is 4.39. The zero-order chi connectivity index (χ0) is 12.6. The summed E-state index contributed by atoms with van der Waals surface area (Å²) in [7, 11) is 0. The molecule has 92 valence electrons. The Morgan fingerprint density at radius 2 is 1.82 bits per heavy atom. The van der Waals surface area contributed by atoms with Crippen molar-refractivity contribution >= 4 is 0 Å². The summed E-state index contributed by atoms with van der Waals surface area (Å²) in [6, 6.07) is 3.69. The first kappa shape index (κ1) is 12.0. The zero-order valence-electron chi connectivity index (χ0n) is 10.8. The molecule has 0 saturated carbocycles. The number of aryl methyl sites for hydroxylation is 3. The Labute approximate surface area is 102 Å². The standard InChI is InChI=1S/C14H19NO2/c1-5-11-6-7-12(17-11)14(15)13-8(2)9(3)16-10(13)4/h6-7,14H,5,15H2,1-4H3. The quantitative estimate of drug-likeness (QED) is 0.883. The van der Waals surface area contributed by atoms with Crippen molar-refractivity contribution in [2.24, 2.45) is 5.73 Å². The normalized spacial score (nSPS) is 13.0. The average Bonchev–Trinajstić information content (AvgIpc) is 2.85. The third kappa shape index (κ3) is 2.03. The summed E-state index contributed by atoms with van der Waals surface area (Å²) in [5.74, 6) is 3.57. The Balaban J connectivity index is 2.39. The summed E-state index contributed by atoms with van der Waals surface area (Å²) in [5, 5.41) is 0. The molecule has 2 aromatic rings. The fourth-order valence-electron chi connectivity index (χ4n) is 2.16. The molecule has 0 amide bonds. The molecule has 3 heteroatoms. The molecule has 2 aromatic heterocycles. The van der Waals surface area contributed by atoms with Crippen molar-refractivity contribution in [1.82, 2.24) is 0 Å². The predicted octanol–water partition coefficient (Wildman–Crippen LogP) is 3.41. The van der Waals surface area contributed by atoms with E-state index in [2.05, 4.69) is 6.92 Å². The van der Waals surface area contributed by atoms with E-state index < -0.39 is 0 Å². The number of hydrogen-bond acceptors (Lipinski definition) is 3. The van der Waals surface area contributed by atoms with E-state index in [9.17, 15) is 0 Å². The molecule has 2 heterocycles. The van der Waals surface area contributed by atoms with Gasteiger partial charge in [-0.2, -0.15) is 0 Å². The molecule has 2 rings (SSSR count). The monoisotopic (exact) mass is 233 g/mol. The smallest absolute Gasteiger partial charge is 0.125 e. The minimum atomic E-state index is -0.243. The number of furan rings is 2. The second kappa shape index (κ2) is 4.41. The van der Waals surface area contributed by atoms with E-state index in [0.29, 0.717) is 0 Å². The fraction of sp³-hybridized carbons (Fsp3) is 0.429. The van der Waals surface area contributed by atoms with E-state index in [4.69, 9.17) is 14.6 Å². The van der Waals surface area contributed by atoms with E-state index in [1.165, 1.54) is 0 Å². The van der Waals surface area contributed by atoms with Crippen molar-refractivity contribution in [2.75, 3.05) is 0 Å². The van der Waals surface area contributed by atoms with E-state index in [-0.39, 0.29) is 6.04 Å². The van der Waals surface area contributed by atoms with Crippen LogP contribution in [0.5, 0.6) is 0 Å². The lowest BCUT2D eigenvalue weighted by molar-refractivity contribution is 0.448. The van der Waals surface area contributed by atoms with Gasteiger partial charge in [-0.15, -0.1) is 0 Å². The highest BCUT2D eigenvalue weighted by molar-refractivity contribution is 5.38. The second-order valence-corrected chi connectivity index (χ2v) is 4.39. The van der Waals surface area contributed by atoms with Gasteiger partial charge >= 0.3 is 0 Å². The van der Waals surface area contributed by atoms with Crippen LogP contribution in [0, 0.1) is 20.8 Å². The van der Waals surface area contributed by atoms with Gasteiger partial charge in [-0.1, -0.05) is 6.92 Å². The van der Waals surface area contributed by atoms with Crippen molar-refractivity contribution in [2.45, 2.75) is 40.2 Å². The number of nitrogens with two attached hydrogens (primary N) is 1. The summed E-state index contributed by atoms with van der Waals surface area (Å²) in [6.45, 7) is 7.99. The first-order chi connectivity index (χ1) is 8.04. The molecule has 0 bridgehead atoms. The van der Waals surface area contributed by atoms with Gasteiger partial charge in [0.25, 0.3) is 0 Å². The van der Waals surface area contributed by atoms with Crippen LogP contribution >= 0.6 is 0 Å². The Morgan fingerprint density at radius 1 is 1.12 bits per heavy atom. The minimum Gasteiger partial charge on any atom is -0.466 e. The first-order valence-electron chi connectivity index (χ1n) is 5.95. The Bertz CT molecular complexity index is 522. The van der Waals surface area contributed by atoms with E-state index >= 15 is 0 Å². The van der Waals surface area contributed by atoms with Crippen molar-refractivity contribution in [3.05, 3.63) is 46.3 Å². The lowest BCUT2D eigenvalue weighted by Crippen LogP contribution is -2.12. The van der Waals surface area contributed by atoms with Crippen LogP contribution in [-0.2, 0) is 6.42 Å². The maximum atomic E-state index is 6.25. The van der Waals surface area contributed by atoms with Crippen LogP contribution in [0.4, 0.5) is 0 Å². The zero-order valence-corrected chi connectivity index (χ0v) is 10.8. The third-order valence-electron chi connectivity index (χ3n) is 3.27. The summed E-state index contributed by atoms with van der Waals surface area (Å²) in [5.41, 5.74) is 8.40. The largest absolute Gasteiger partial charge is 0.466 e. The first-order valence-corrected chi connectivity index (χ1v) is 5.95. The highest BCUT2D eigenvalue weighted by Gasteiger charge is 2.21. The molecular formula is C14H19NO2. The van der Waals surface area contributed by atoms with E-state index in [1.807, 2.05) is 32.9 Å². The van der Waals surface area contributed by atoms with Gasteiger partial charge in [0, 0.05) is 12.0 Å². The molecule has 0 saturated heterocycles. The van der Waals surface area contributed by atoms with Gasteiger partial charge in [-0.05, 0) is 38.5 Å². The molecule has 3 nitrogen and oxygen atoms in total. The maximum absolute atomic E-state index is 6.25. The average molecular weight is 233 g/mol. The van der Waals surface area contributed by atoms with Crippen LogP contribution in [0.2, 0.25) is 0 Å². The lowest BCUT2D eigenvalue weighted by atomic mass is 10.0. The molecule has 0 aliphatic rings. The van der Waals surface area contributed by atoms with Crippen LogP contribution in [0.3, 0.4) is 0 Å². The fourth-order valence-corrected chi connectivity index (χ4v) is 2.16. The molecule has 2 N–H and O–H groups in total. The molecule has 0 aliphatic heterocycles. The van der Waals surface area contributed by atoms with Gasteiger partial charge in [0.1, 0.15) is 23.0 Å². The van der Waals surface area contributed by atoms with Crippen LogP contribution in [0.1, 0.15) is 47.1 Å². The Kier molecular flexibility index (Phi) is 3.11. The van der Waals surface area contributed by atoms with Crippen molar-refractivity contribution in [3.8, 4) is 0 Å². The van der Waals surface area contributed by atoms with E-state index in [1.54, 1.807) is 0 Å². The summed E-state index contributed by atoms with van der Waals surface area (Å²) in [6.07, 6.45) is 0.884. The SMILES string of the molecule is CCc1ccc(C(N)c2c(C)oc(C)c2C)o1. The topological polar surface area (TPSA) is 52.3 Å². The molecule has 0 aromatic carbocycles. The highest BCUT2D eigenvalue weighted by atomic mass is 16.3. The molecule has 1 atom stereocenters. The van der Waals surface area contributed by atoms with Gasteiger partial charge in [0.15, 0.2) is 0 Å². The van der Waals surface area contributed by atoms with Gasteiger partial charge in [-0.25, -0.2) is 0 Å². The van der Waals surface area contributed by atoms with Crippen molar-refractivity contribution < 1.29 is 8.83 Å². The Hall–Kier alpha value is -1.48. The van der Waals surface area contributed by atoms with Crippen LogP contribution in [-0.4, -0.2) is 0 Å². The van der Waals surface area contributed by atoms with Crippen molar-refractivity contribution in [1.29, 1.82) is 0 Å². The summed E-state index contributed by atoms with van der Waals surface area (Å²) in [4.78, 5) is 0. The van der Waals surface area contributed by atoms with Gasteiger partial charge in [0.05, 0.1) is 6.04 Å². The highest BCUT2D eigenvalue weighted by Crippen LogP contribution is 2.30. The molecule has 0 radical (unpaired) electrons. The summed E-state index contributed by atoms with van der Waals surface area (Å²) < 4.78 is 11.3. The third-order valence-corrected chi connectivity index (χ3v) is 3.27. The van der Waals surface area contributed by atoms with Crippen LogP contribution in [0.25, 0.3) is 0 Å². The molecule has 0 fully saturated rings. The molecule has 0 aliphatic carbocycles. The minimum absolute atomic E-state index is 0.243. The molecule has 0 spiro atoms. The Morgan fingerprint density at radius 3 is 2.29 bits per heavy atom.